The van der Waals surface area contributed by atoms with Crippen LogP contribution in [-0.4, -0.2) is 5.78 Å². The van der Waals surface area contributed by atoms with Crippen molar-refractivity contribution in [3.63, 3.8) is 0 Å². The van der Waals surface area contributed by atoms with Gasteiger partial charge in [0.05, 0.1) is 6.07 Å². The van der Waals surface area contributed by atoms with Gasteiger partial charge in [-0.3, -0.25) is 4.79 Å². The van der Waals surface area contributed by atoms with Crippen LogP contribution < -0.4 is 0 Å². The lowest BCUT2D eigenvalue weighted by Gasteiger charge is -2.53. The second-order valence-corrected chi connectivity index (χ2v) is 6.16. The van der Waals surface area contributed by atoms with Gasteiger partial charge >= 0.3 is 0 Å². The number of allylic oxidation sites excluding steroid dienone is 2. The van der Waals surface area contributed by atoms with E-state index in [0.717, 1.165) is 11.8 Å². The highest BCUT2D eigenvalue weighted by Gasteiger charge is 2.50. The molecule has 0 aromatic rings. The minimum Gasteiger partial charge on any atom is -0.299 e. The van der Waals surface area contributed by atoms with Crippen LogP contribution in [0.25, 0.3) is 0 Å². The van der Waals surface area contributed by atoms with Gasteiger partial charge < -0.3 is 0 Å². The van der Waals surface area contributed by atoms with Crippen LogP contribution in [0.15, 0.2) is 12.2 Å². The summed E-state index contributed by atoms with van der Waals surface area (Å²) in [7, 11) is 0. The molecule has 0 N–H and O–H groups in total. The molecule has 4 bridgehead atoms. The Labute approximate surface area is 103 Å². The van der Waals surface area contributed by atoms with Crippen molar-refractivity contribution in [1.29, 1.82) is 5.26 Å². The number of Topliss-reactive ketones (excluding diaryl/α,β-unsaturated/α-hetero) is 1. The molecule has 4 rings (SSSR count). The quantitative estimate of drug-likeness (QED) is 0.698. The number of carbonyl (C=O) groups is 1. The standard InChI is InChI=1S/C15H19NO/c16-4-2-1-3-14(17)15-12-6-10-5-11(8-12)9-13(15)7-10/h1-2,10-13,15H,3,5-9H2/b2-1+. The summed E-state index contributed by atoms with van der Waals surface area (Å²) in [5, 5.41) is 8.44. The number of ketones is 1. The minimum atomic E-state index is 0.325. The van der Waals surface area contributed by atoms with Gasteiger partial charge in [0, 0.05) is 18.4 Å². The SMILES string of the molecule is N#C/C=C/CC(=O)C1C2CC3CC(C2)CC1C3. The highest BCUT2D eigenvalue weighted by atomic mass is 16.1. The number of hydrogen-bond acceptors (Lipinski definition) is 2. The monoisotopic (exact) mass is 229 g/mol. The first-order valence-corrected chi connectivity index (χ1v) is 6.85. The summed E-state index contributed by atoms with van der Waals surface area (Å²) in [4.78, 5) is 12.2. The van der Waals surface area contributed by atoms with Gasteiger partial charge in [-0.15, -0.1) is 0 Å². The van der Waals surface area contributed by atoms with E-state index < -0.39 is 0 Å². The van der Waals surface area contributed by atoms with Gasteiger partial charge in [-0.25, -0.2) is 0 Å². The maximum atomic E-state index is 12.2. The predicted octanol–water partition coefficient (Wildman–Crippen LogP) is 3.10. The number of nitrogens with zero attached hydrogens (tertiary/aromatic N) is 1. The second kappa shape index (κ2) is 4.29. The second-order valence-electron chi connectivity index (χ2n) is 6.16. The Morgan fingerprint density at radius 1 is 1.12 bits per heavy atom. The van der Waals surface area contributed by atoms with E-state index in [1.807, 2.05) is 6.07 Å². The van der Waals surface area contributed by atoms with Crippen LogP contribution in [-0.2, 0) is 4.79 Å². The van der Waals surface area contributed by atoms with Crippen molar-refractivity contribution < 1.29 is 4.79 Å². The molecule has 90 valence electrons. The lowest BCUT2D eigenvalue weighted by Crippen LogP contribution is -2.47. The van der Waals surface area contributed by atoms with Crippen molar-refractivity contribution >= 4 is 5.78 Å². The molecule has 0 amide bonds. The molecule has 0 unspecified atom stereocenters. The van der Waals surface area contributed by atoms with Crippen LogP contribution in [0.2, 0.25) is 0 Å². The third-order valence-electron chi connectivity index (χ3n) is 5.11. The van der Waals surface area contributed by atoms with Crippen molar-refractivity contribution in [2.45, 2.75) is 38.5 Å². The fourth-order valence-corrected chi connectivity index (χ4v) is 4.81. The van der Waals surface area contributed by atoms with Gasteiger partial charge in [0.1, 0.15) is 5.78 Å². The molecular weight excluding hydrogens is 210 g/mol. The smallest absolute Gasteiger partial charge is 0.140 e. The summed E-state index contributed by atoms with van der Waals surface area (Å²) < 4.78 is 0. The zero-order chi connectivity index (χ0) is 11.8. The topological polar surface area (TPSA) is 40.9 Å². The van der Waals surface area contributed by atoms with Gasteiger partial charge in [0.15, 0.2) is 0 Å². The highest BCUT2D eigenvalue weighted by Crippen LogP contribution is 2.56. The number of carbonyl (C=O) groups excluding carboxylic acids is 1. The van der Waals surface area contributed by atoms with E-state index >= 15 is 0 Å². The van der Waals surface area contributed by atoms with Crippen molar-refractivity contribution in [2.75, 3.05) is 0 Å². The van der Waals surface area contributed by atoms with Gasteiger partial charge in [0.2, 0.25) is 0 Å². The van der Waals surface area contributed by atoms with E-state index in [0.29, 0.717) is 30.0 Å². The molecule has 4 saturated carbocycles. The molecule has 0 aromatic heterocycles. The molecule has 4 aliphatic carbocycles. The summed E-state index contributed by atoms with van der Waals surface area (Å²) in [6, 6.07) is 1.96. The highest BCUT2D eigenvalue weighted by molar-refractivity contribution is 5.83. The number of hydrogen-bond donors (Lipinski definition) is 0. The summed E-state index contributed by atoms with van der Waals surface area (Å²) in [5.74, 6) is 3.92. The lowest BCUT2D eigenvalue weighted by molar-refractivity contribution is -0.134. The van der Waals surface area contributed by atoms with Gasteiger partial charge in [-0.05, 0) is 55.8 Å². The van der Waals surface area contributed by atoms with Crippen LogP contribution in [0.1, 0.15) is 38.5 Å². The number of rotatable bonds is 3. The molecule has 0 aliphatic heterocycles. The van der Waals surface area contributed by atoms with Crippen LogP contribution in [0, 0.1) is 40.9 Å². The van der Waals surface area contributed by atoms with E-state index in [1.165, 1.54) is 38.2 Å². The Hall–Kier alpha value is -1.10. The maximum Gasteiger partial charge on any atom is 0.140 e. The molecular formula is C15H19NO. The van der Waals surface area contributed by atoms with Crippen LogP contribution in [0.3, 0.4) is 0 Å². The summed E-state index contributed by atoms with van der Waals surface area (Å²) in [6.45, 7) is 0. The van der Waals surface area contributed by atoms with Crippen molar-refractivity contribution in [3.05, 3.63) is 12.2 Å². The third-order valence-corrected chi connectivity index (χ3v) is 5.11. The van der Waals surface area contributed by atoms with Crippen LogP contribution in [0.4, 0.5) is 0 Å². The van der Waals surface area contributed by atoms with Gasteiger partial charge in [-0.1, -0.05) is 6.08 Å². The molecule has 2 nitrogen and oxygen atoms in total. The normalized spacial score (nSPS) is 42.9. The maximum absolute atomic E-state index is 12.2. The Balaban J connectivity index is 1.69. The van der Waals surface area contributed by atoms with E-state index in [2.05, 4.69) is 0 Å². The van der Waals surface area contributed by atoms with Crippen molar-refractivity contribution in [1.82, 2.24) is 0 Å². The average Bonchev–Trinajstić information content (AvgIpc) is 2.27. The molecule has 0 radical (unpaired) electrons. The van der Waals surface area contributed by atoms with E-state index in [9.17, 15) is 4.79 Å². The van der Waals surface area contributed by atoms with Crippen LogP contribution >= 0.6 is 0 Å². The molecule has 2 heteroatoms. The molecule has 0 saturated heterocycles. The van der Waals surface area contributed by atoms with E-state index in [4.69, 9.17) is 5.26 Å². The van der Waals surface area contributed by atoms with Gasteiger partial charge in [-0.2, -0.15) is 5.26 Å². The first kappa shape index (κ1) is 11.0. The van der Waals surface area contributed by atoms with E-state index in [1.54, 1.807) is 6.08 Å². The Morgan fingerprint density at radius 3 is 2.24 bits per heavy atom. The largest absolute Gasteiger partial charge is 0.299 e. The molecule has 0 heterocycles. The average molecular weight is 229 g/mol. The summed E-state index contributed by atoms with van der Waals surface area (Å²) >= 11 is 0. The molecule has 0 atom stereocenters. The van der Waals surface area contributed by atoms with Crippen LogP contribution in [0.5, 0.6) is 0 Å². The van der Waals surface area contributed by atoms with Gasteiger partial charge in [0.25, 0.3) is 0 Å². The fourth-order valence-electron chi connectivity index (χ4n) is 4.81. The Morgan fingerprint density at radius 2 is 1.71 bits per heavy atom. The molecule has 0 aromatic carbocycles. The third kappa shape index (κ3) is 1.92. The first-order valence-electron chi connectivity index (χ1n) is 6.85. The Bertz CT molecular complexity index is 362. The summed E-state index contributed by atoms with van der Waals surface area (Å²) in [6.07, 6.45) is 10.3. The number of nitriles is 1. The van der Waals surface area contributed by atoms with E-state index in [-0.39, 0.29) is 0 Å². The molecule has 4 fully saturated rings. The zero-order valence-corrected chi connectivity index (χ0v) is 10.1. The molecule has 0 spiro atoms. The first-order chi connectivity index (χ1) is 8.28. The van der Waals surface area contributed by atoms with Crippen molar-refractivity contribution in [2.24, 2.45) is 29.6 Å². The molecule has 17 heavy (non-hydrogen) atoms. The lowest BCUT2D eigenvalue weighted by atomic mass is 9.51. The molecule has 4 aliphatic rings. The summed E-state index contributed by atoms with van der Waals surface area (Å²) in [5.41, 5.74) is 0. The minimum absolute atomic E-state index is 0.325. The Kier molecular flexibility index (Phi) is 2.78. The predicted molar refractivity (Wildman–Crippen MR) is 64.9 cm³/mol. The fraction of sp³-hybridized carbons (Fsp3) is 0.733. The van der Waals surface area contributed by atoms with Crippen molar-refractivity contribution in [3.8, 4) is 6.07 Å². The zero-order valence-electron chi connectivity index (χ0n) is 10.1.